The summed E-state index contributed by atoms with van der Waals surface area (Å²) < 4.78 is 34.2. The molecule has 14 heteroatoms. The molecule has 3 amide bonds. The molecule has 2 N–H and O–H groups in total. The summed E-state index contributed by atoms with van der Waals surface area (Å²) in [5.41, 5.74) is 8.94. The van der Waals surface area contributed by atoms with Crippen LogP contribution >= 0.6 is 0 Å². The number of benzene rings is 2. The Labute approximate surface area is 356 Å². The van der Waals surface area contributed by atoms with Crippen molar-refractivity contribution in [1.29, 1.82) is 0 Å². The molecule has 3 aromatic rings. The summed E-state index contributed by atoms with van der Waals surface area (Å²) in [6.07, 6.45) is 7.52. The van der Waals surface area contributed by atoms with Crippen molar-refractivity contribution < 1.29 is 27.9 Å². The zero-order valence-corrected chi connectivity index (χ0v) is 35.2. The van der Waals surface area contributed by atoms with Gasteiger partial charge in [-0.1, -0.05) is 18.7 Å². The normalized spacial score (nSPS) is 26.3. The first-order valence-corrected chi connectivity index (χ1v) is 22.2. The number of hydrogen-bond donors (Lipinski definition) is 2. The molecule has 7 aliphatic rings. The van der Waals surface area contributed by atoms with E-state index < -0.39 is 18.4 Å². The van der Waals surface area contributed by atoms with Crippen molar-refractivity contribution in [2.45, 2.75) is 89.0 Å². The molecule has 12 nitrogen and oxygen atoms in total. The number of alkyl halides is 2. The molecule has 0 bridgehead atoms. The van der Waals surface area contributed by atoms with Gasteiger partial charge in [0.25, 0.3) is 12.3 Å². The van der Waals surface area contributed by atoms with E-state index in [4.69, 9.17) is 9.72 Å². The van der Waals surface area contributed by atoms with Crippen molar-refractivity contribution >= 4 is 40.9 Å². The van der Waals surface area contributed by atoms with Gasteiger partial charge in [0.1, 0.15) is 18.4 Å². The number of piperazine rings is 1. The molecule has 4 atom stereocenters. The van der Waals surface area contributed by atoms with Crippen LogP contribution in [0.4, 0.5) is 25.8 Å². The van der Waals surface area contributed by atoms with Crippen molar-refractivity contribution in [2.24, 2.45) is 11.3 Å². The van der Waals surface area contributed by atoms with Crippen LogP contribution < -0.4 is 25.2 Å². The second-order valence-electron chi connectivity index (χ2n) is 18.6. The first-order valence-electron chi connectivity index (χ1n) is 22.2. The van der Waals surface area contributed by atoms with Gasteiger partial charge in [-0.3, -0.25) is 34.5 Å². The number of halogens is 2. The average molecular weight is 835 g/mol. The largest absolute Gasteiger partial charge is 0.489 e. The minimum atomic E-state index is -2.44. The van der Waals surface area contributed by atoms with Crippen LogP contribution in [0.5, 0.6) is 5.75 Å². The topological polar surface area (TPSA) is 114 Å². The monoisotopic (exact) mass is 834 g/mol. The van der Waals surface area contributed by atoms with Crippen molar-refractivity contribution in [2.75, 3.05) is 74.6 Å². The zero-order valence-electron chi connectivity index (χ0n) is 35.2. The Balaban J connectivity index is 0.734. The van der Waals surface area contributed by atoms with Crippen LogP contribution in [-0.4, -0.2) is 121 Å². The quantitative estimate of drug-likeness (QED) is 0.260. The highest BCUT2D eigenvalue weighted by Crippen LogP contribution is 2.48. The molecule has 2 unspecified atom stereocenters. The molecule has 3 saturated heterocycles. The van der Waals surface area contributed by atoms with Crippen LogP contribution in [0, 0.1) is 11.3 Å². The smallest absolute Gasteiger partial charge is 0.255 e. The van der Waals surface area contributed by atoms with Gasteiger partial charge in [0, 0.05) is 87.6 Å². The molecule has 1 aromatic heterocycles. The van der Waals surface area contributed by atoms with E-state index in [1.165, 1.54) is 25.7 Å². The molecule has 2 aromatic carbocycles. The minimum absolute atomic E-state index is 0.0780. The third kappa shape index (κ3) is 7.13. The summed E-state index contributed by atoms with van der Waals surface area (Å²) >= 11 is 0. The van der Waals surface area contributed by atoms with Gasteiger partial charge in [0.05, 0.1) is 41.9 Å². The van der Waals surface area contributed by atoms with E-state index in [-0.39, 0.29) is 42.9 Å². The maximum absolute atomic E-state index is 13.9. The molecule has 322 valence electrons. The van der Waals surface area contributed by atoms with E-state index in [2.05, 4.69) is 50.1 Å². The second-order valence-corrected chi connectivity index (χ2v) is 18.6. The number of hydrogen-bond acceptors (Lipinski definition) is 10. The van der Waals surface area contributed by atoms with Crippen LogP contribution in [-0.2, 0) is 22.6 Å². The van der Waals surface area contributed by atoms with Gasteiger partial charge in [-0.25, -0.2) is 8.78 Å². The van der Waals surface area contributed by atoms with E-state index in [0.29, 0.717) is 42.9 Å². The van der Waals surface area contributed by atoms with E-state index in [1.807, 2.05) is 49.3 Å². The number of imide groups is 1. The Morgan fingerprint density at radius 1 is 1.07 bits per heavy atom. The van der Waals surface area contributed by atoms with Crippen molar-refractivity contribution in [1.82, 2.24) is 25.0 Å². The molecule has 7 heterocycles. The van der Waals surface area contributed by atoms with Gasteiger partial charge in [-0.2, -0.15) is 0 Å². The van der Waals surface area contributed by atoms with Crippen LogP contribution in [0.2, 0.25) is 0 Å². The fourth-order valence-corrected chi connectivity index (χ4v) is 11.7. The van der Waals surface area contributed by atoms with E-state index in [1.54, 1.807) is 4.90 Å². The van der Waals surface area contributed by atoms with Crippen LogP contribution in [0.25, 0.3) is 6.08 Å². The fourth-order valence-electron chi connectivity index (χ4n) is 11.7. The maximum atomic E-state index is 13.9. The van der Waals surface area contributed by atoms with Gasteiger partial charge in [0.15, 0.2) is 0 Å². The van der Waals surface area contributed by atoms with Crippen LogP contribution in [0.3, 0.4) is 0 Å². The van der Waals surface area contributed by atoms with Crippen molar-refractivity contribution in [3.05, 3.63) is 82.7 Å². The van der Waals surface area contributed by atoms with Gasteiger partial charge in [0.2, 0.25) is 11.8 Å². The molecular formula is C47H56F2N8O4. The number of carbonyl (C=O) groups is 3. The summed E-state index contributed by atoms with van der Waals surface area (Å²) in [5.74, 6) is 0.532. The highest BCUT2D eigenvalue weighted by atomic mass is 19.3. The molecule has 1 saturated carbocycles. The molecular weight excluding hydrogens is 779 g/mol. The Bertz CT molecular complexity index is 2240. The maximum Gasteiger partial charge on any atom is 0.255 e. The highest BCUT2D eigenvalue weighted by Gasteiger charge is 2.47. The molecule has 10 rings (SSSR count). The number of pyridine rings is 1. The average Bonchev–Trinajstić information content (AvgIpc) is 3.56. The van der Waals surface area contributed by atoms with Gasteiger partial charge < -0.3 is 24.8 Å². The Morgan fingerprint density at radius 2 is 1.89 bits per heavy atom. The summed E-state index contributed by atoms with van der Waals surface area (Å²) in [6.45, 7) is 12.7. The van der Waals surface area contributed by atoms with Crippen LogP contribution in [0.1, 0.15) is 89.8 Å². The molecule has 1 aliphatic carbocycles. The number of carbonyl (C=O) groups excluding carboxylic acids is 3. The molecule has 0 radical (unpaired) electrons. The van der Waals surface area contributed by atoms with Gasteiger partial charge >= 0.3 is 0 Å². The minimum Gasteiger partial charge on any atom is -0.489 e. The lowest BCUT2D eigenvalue weighted by molar-refractivity contribution is -0.136. The number of nitrogens with zero attached hydrogens (tertiary/aromatic N) is 6. The highest BCUT2D eigenvalue weighted by molar-refractivity contribution is 6.06. The summed E-state index contributed by atoms with van der Waals surface area (Å²) in [6, 6.07) is 11.4. The van der Waals surface area contributed by atoms with Crippen molar-refractivity contribution in [3.63, 3.8) is 0 Å². The number of anilines is 3. The number of nitrogens with one attached hydrogen (secondary N) is 2. The number of piperidine rings is 1. The lowest BCUT2D eigenvalue weighted by Crippen LogP contribution is -2.59. The Morgan fingerprint density at radius 3 is 2.61 bits per heavy atom. The number of aromatic nitrogens is 1. The molecule has 4 fully saturated rings. The third-order valence-corrected chi connectivity index (χ3v) is 15.0. The van der Waals surface area contributed by atoms with E-state index >= 15 is 0 Å². The Hall–Kier alpha value is -5.08. The first kappa shape index (κ1) is 40.0. The summed E-state index contributed by atoms with van der Waals surface area (Å²) in [7, 11) is 1.89. The standard InChI is InChI=1S/C47H56F2N8O4/c1-4-33-36-17-28(2)56(24-42(48)49)44(34(36)6-8-37(33)50-3)38-7-5-31(20-51-38)54-26-47(27-54)13-11-29(12-14-47)21-53-15-16-55-32(23-53)25-61-41-19-35-30(18-40(41)55)22-57(46(35)60)39-9-10-43(58)52-45(39)59/h4-8,18-20,28-29,32,39,42,44,50H,1,9-17,21-27H2,2-3H3,(H,52,58,59)/t28?,32-,39?,44-/m0/s1. The van der Waals surface area contributed by atoms with E-state index in [0.717, 1.165) is 90.0 Å². The Kier molecular flexibility index (Phi) is 10.3. The van der Waals surface area contributed by atoms with Gasteiger partial charge in [-0.15, -0.1) is 0 Å². The molecule has 1 spiro atoms. The number of amides is 3. The number of fused-ring (bicyclic) bond motifs is 5. The second kappa shape index (κ2) is 15.7. The number of ether oxygens (including phenoxy) is 1. The predicted molar refractivity (Wildman–Crippen MR) is 230 cm³/mol. The zero-order chi connectivity index (χ0) is 42.2. The number of rotatable bonds is 9. The summed E-state index contributed by atoms with van der Waals surface area (Å²) in [5, 5.41) is 5.65. The SMILES string of the molecule is C=Cc1c(NC)ccc2c1CC(C)N(CC(F)F)[C@@H]2c1ccc(N2CC3(CCC(CN4CCN5c6cc7c(cc6OC[C@@H]5C4)C(=O)N(C4CCC(=O)NC4=O)C7)CC3)C2)cn1. The van der Waals surface area contributed by atoms with E-state index in [9.17, 15) is 23.2 Å². The van der Waals surface area contributed by atoms with Crippen molar-refractivity contribution in [3.8, 4) is 5.75 Å². The predicted octanol–water partition coefficient (Wildman–Crippen LogP) is 5.71. The summed E-state index contributed by atoms with van der Waals surface area (Å²) in [4.78, 5) is 53.6. The van der Waals surface area contributed by atoms with Gasteiger partial charge in [-0.05, 0) is 98.4 Å². The molecule has 61 heavy (non-hydrogen) atoms. The fraction of sp³-hybridized carbons (Fsp3) is 0.532. The lowest BCUT2D eigenvalue weighted by Gasteiger charge is -2.55. The molecule has 6 aliphatic heterocycles. The van der Waals surface area contributed by atoms with Crippen LogP contribution in [0.15, 0.2) is 49.2 Å². The lowest BCUT2D eigenvalue weighted by atomic mass is 9.65. The first-order chi connectivity index (χ1) is 29.5. The third-order valence-electron chi connectivity index (χ3n) is 15.0.